The van der Waals surface area contributed by atoms with Gasteiger partial charge in [0.05, 0.1) is 0 Å². The third kappa shape index (κ3) is 0.914. The van der Waals surface area contributed by atoms with E-state index in [0.717, 1.165) is 5.84 Å². The van der Waals surface area contributed by atoms with Gasteiger partial charge >= 0.3 is 0 Å². The van der Waals surface area contributed by atoms with E-state index in [1.165, 1.54) is 4.90 Å². The van der Waals surface area contributed by atoms with Crippen LogP contribution in [-0.4, -0.2) is 17.4 Å². The van der Waals surface area contributed by atoms with Crippen molar-refractivity contribution in [1.29, 1.82) is 5.26 Å². The molecule has 0 amide bonds. The maximum atomic E-state index is 8.53. The predicted molar refractivity (Wildman–Crippen MR) is 38.8 cm³/mol. The van der Waals surface area contributed by atoms with Crippen LogP contribution < -0.4 is 4.90 Å². The third-order valence-electron chi connectivity index (χ3n) is 1.52. The van der Waals surface area contributed by atoms with Gasteiger partial charge in [0.25, 0.3) is 5.84 Å². The first-order chi connectivity index (χ1) is 5.40. The second-order valence-electron chi connectivity index (χ2n) is 2.22. The van der Waals surface area contributed by atoms with Gasteiger partial charge in [0.2, 0.25) is 6.67 Å². The van der Waals surface area contributed by atoms with Crippen molar-refractivity contribution in [2.24, 2.45) is 4.99 Å². The molecule has 0 N–H and O–H groups in total. The molecule has 0 bridgehead atoms. The number of fused-ring (bicyclic) bond motifs is 1. The van der Waals surface area contributed by atoms with Gasteiger partial charge in [0.1, 0.15) is 0 Å². The summed E-state index contributed by atoms with van der Waals surface area (Å²) in [5.74, 6) is 0.844. The molecule has 2 heterocycles. The van der Waals surface area contributed by atoms with Crippen LogP contribution >= 0.6 is 0 Å². The molecule has 0 atom stereocenters. The van der Waals surface area contributed by atoms with Crippen LogP contribution in [0.1, 0.15) is 0 Å². The molecule has 0 saturated heterocycles. The Balaban J connectivity index is 2.24. The van der Waals surface area contributed by atoms with E-state index >= 15 is 0 Å². The molecule has 0 saturated carbocycles. The Hall–Kier alpha value is -1.60. The first-order valence-corrected chi connectivity index (χ1v) is 3.18. The third-order valence-corrected chi connectivity index (χ3v) is 1.52. The van der Waals surface area contributed by atoms with Gasteiger partial charge in [-0.25, -0.2) is 4.90 Å². The fourth-order valence-corrected chi connectivity index (χ4v) is 0.974. The fourth-order valence-electron chi connectivity index (χ4n) is 0.974. The number of aliphatic imine (C=N–C) groups is 1. The lowest BCUT2D eigenvalue weighted by Gasteiger charge is -2.13. The van der Waals surface area contributed by atoms with Crippen LogP contribution in [0.5, 0.6) is 0 Å². The highest BCUT2D eigenvalue weighted by Crippen LogP contribution is 2.07. The van der Waals surface area contributed by atoms with Crippen molar-refractivity contribution in [3.63, 3.8) is 0 Å². The summed E-state index contributed by atoms with van der Waals surface area (Å²) >= 11 is 0. The van der Waals surface area contributed by atoms with E-state index in [4.69, 9.17) is 5.26 Å². The first kappa shape index (κ1) is 6.13. The summed E-state index contributed by atoms with van der Waals surface area (Å²) in [5.41, 5.74) is 0. The quantitative estimate of drug-likeness (QED) is 0.358. The van der Waals surface area contributed by atoms with Crippen molar-refractivity contribution in [2.45, 2.75) is 0 Å². The minimum absolute atomic E-state index is 0.541. The lowest BCUT2D eigenvalue weighted by molar-refractivity contribution is 0.443. The first-order valence-electron chi connectivity index (χ1n) is 3.18. The van der Waals surface area contributed by atoms with Crippen molar-refractivity contribution in [2.75, 3.05) is 6.67 Å². The predicted octanol–water partition coefficient (Wildman–Crippen LogP) is 0.0809. The van der Waals surface area contributed by atoms with E-state index in [0.29, 0.717) is 6.67 Å². The molecule has 0 spiro atoms. The zero-order valence-electron chi connectivity index (χ0n) is 5.73. The maximum absolute atomic E-state index is 8.53. The topological polar surface area (TPSA) is 45.3 Å². The Bertz CT molecular complexity index is 294. The molecule has 2 radical (unpaired) electrons. The number of nitriles is 1. The summed E-state index contributed by atoms with van der Waals surface area (Å²) in [6.07, 6.45) is 9.94. The normalized spacial score (nSPS) is 21.4. The smallest absolute Gasteiger partial charge is 0.232 e. The second-order valence-corrected chi connectivity index (χ2v) is 2.22. The van der Waals surface area contributed by atoms with Gasteiger partial charge in [0.15, 0.2) is 18.6 Å². The molecule has 2 aliphatic heterocycles. The van der Waals surface area contributed by atoms with Gasteiger partial charge in [-0.1, -0.05) is 4.90 Å². The number of amidine groups is 1. The van der Waals surface area contributed by atoms with E-state index < -0.39 is 0 Å². The largest absolute Gasteiger partial charge is 0.285 e. The van der Waals surface area contributed by atoms with E-state index in [2.05, 4.69) is 11.2 Å². The molecular weight excluding hydrogens is 140 g/mol. The number of rotatable bonds is 0. The molecule has 2 rings (SSSR count). The summed E-state index contributed by atoms with van der Waals surface area (Å²) in [5, 5.41) is 8.53. The Morgan fingerprint density at radius 1 is 1.82 bits per heavy atom. The van der Waals surface area contributed by atoms with Crippen molar-refractivity contribution in [3.8, 4) is 6.19 Å². The van der Waals surface area contributed by atoms with Crippen LogP contribution in [0.25, 0.3) is 0 Å². The van der Waals surface area contributed by atoms with Crippen molar-refractivity contribution >= 4 is 5.84 Å². The standard InChI is InChI=1S/C7H5N4/c8-5-10-3-1-7-9-2-4-11(7)6-10/h1,3-4H,6H2/q+1. The minimum atomic E-state index is 0.541. The van der Waals surface area contributed by atoms with Crippen LogP contribution in [0.15, 0.2) is 23.5 Å². The molecule has 0 unspecified atom stereocenters. The SMILES string of the molecule is N#CN1C=CC2=N[C]=C[N+]2C1. The summed E-state index contributed by atoms with van der Waals surface area (Å²) < 4.78 is 0. The lowest BCUT2D eigenvalue weighted by Crippen LogP contribution is -2.39. The Labute approximate surface area is 64.3 Å². The zero-order valence-corrected chi connectivity index (χ0v) is 5.73. The molecule has 0 aromatic carbocycles. The van der Waals surface area contributed by atoms with Crippen LogP contribution in [0.3, 0.4) is 0 Å². The lowest BCUT2D eigenvalue weighted by atomic mass is 10.4. The highest BCUT2D eigenvalue weighted by Gasteiger charge is 2.28. The van der Waals surface area contributed by atoms with Crippen LogP contribution in [-0.2, 0) is 0 Å². The van der Waals surface area contributed by atoms with E-state index in [1.807, 2.05) is 11.1 Å². The second kappa shape index (κ2) is 2.22. The average molecular weight is 145 g/mol. The van der Waals surface area contributed by atoms with Gasteiger partial charge in [-0.05, 0) is 0 Å². The van der Waals surface area contributed by atoms with E-state index in [1.54, 1.807) is 18.5 Å². The van der Waals surface area contributed by atoms with Gasteiger partial charge in [-0.2, -0.15) is 10.3 Å². The fraction of sp³-hybridized carbons (Fsp3) is 0.143. The highest BCUT2D eigenvalue weighted by molar-refractivity contribution is 5.97. The number of hydrogen-bond donors (Lipinski definition) is 0. The Morgan fingerprint density at radius 3 is 3.55 bits per heavy atom. The molecule has 0 aliphatic carbocycles. The van der Waals surface area contributed by atoms with Gasteiger partial charge in [-0.3, -0.25) is 0 Å². The molecule has 0 aromatic rings. The summed E-state index contributed by atoms with van der Waals surface area (Å²) in [6, 6.07) is 0. The van der Waals surface area contributed by atoms with Crippen molar-refractivity contribution < 1.29 is 0 Å². The minimum Gasteiger partial charge on any atom is -0.232 e. The summed E-state index contributed by atoms with van der Waals surface area (Å²) in [6.45, 7) is 0.541. The molecule has 2 aliphatic rings. The molecule has 52 valence electrons. The molecular formula is C7H5N4+. The number of hydrogen-bond acceptors (Lipinski definition) is 4. The highest BCUT2D eigenvalue weighted by atomic mass is 15.3. The van der Waals surface area contributed by atoms with Crippen molar-refractivity contribution in [1.82, 2.24) is 9.80 Å². The van der Waals surface area contributed by atoms with Crippen molar-refractivity contribution in [3.05, 3.63) is 24.7 Å². The van der Waals surface area contributed by atoms with E-state index in [-0.39, 0.29) is 0 Å². The monoisotopic (exact) mass is 145 g/mol. The van der Waals surface area contributed by atoms with Gasteiger partial charge < -0.3 is 0 Å². The summed E-state index contributed by atoms with van der Waals surface area (Å²) in [7, 11) is 0. The van der Waals surface area contributed by atoms with E-state index in [9.17, 15) is 0 Å². The Morgan fingerprint density at radius 2 is 2.73 bits per heavy atom. The maximum Gasteiger partial charge on any atom is 0.285 e. The molecule has 4 nitrogen and oxygen atoms in total. The van der Waals surface area contributed by atoms with Gasteiger partial charge in [0, 0.05) is 12.3 Å². The molecule has 0 fully saturated rings. The van der Waals surface area contributed by atoms with Crippen LogP contribution in [0, 0.1) is 17.7 Å². The zero-order chi connectivity index (χ0) is 7.68. The number of nitrogens with zero attached hydrogens (tertiary/aromatic N) is 4. The molecule has 11 heavy (non-hydrogen) atoms. The van der Waals surface area contributed by atoms with Gasteiger partial charge in [-0.15, -0.1) is 0 Å². The average Bonchev–Trinajstić information content (AvgIpc) is 2.50. The molecule has 0 aromatic heterocycles. The van der Waals surface area contributed by atoms with Crippen LogP contribution in [0.2, 0.25) is 0 Å². The molecule has 4 heteroatoms. The Kier molecular flexibility index (Phi) is 1.24. The summed E-state index contributed by atoms with van der Waals surface area (Å²) in [4.78, 5) is 7.31. The van der Waals surface area contributed by atoms with Crippen LogP contribution in [0.4, 0.5) is 0 Å².